The van der Waals surface area contributed by atoms with Crippen LogP contribution >= 0.6 is 0 Å². The molecule has 0 radical (unpaired) electrons. The van der Waals surface area contributed by atoms with E-state index in [1.54, 1.807) is 12.1 Å². The van der Waals surface area contributed by atoms with E-state index in [1.165, 1.54) is 5.56 Å². The predicted octanol–water partition coefficient (Wildman–Crippen LogP) is 2.47. The van der Waals surface area contributed by atoms with Gasteiger partial charge in [0.1, 0.15) is 12.4 Å². The second kappa shape index (κ2) is 6.73. The molecule has 0 unspecified atom stereocenters. The highest BCUT2D eigenvalue weighted by Gasteiger charge is 2.01. The lowest BCUT2D eigenvalue weighted by Crippen LogP contribution is -2.21. The van der Waals surface area contributed by atoms with Gasteiger partial charge in [-0.3, -0.25) is 4.79 Å². The van der Waals surface area contributed by atoms with Gasteiger partial charge in [0, 0.05) is 11.8 Å². The lowest BCUT2D eigenvalue weighted by Gasteiger charge is -2.09. The second-order valence-electron chi connectivity index (χ2n) is 4.55. The lowest BCUT2D eigenvalue weighted by molar-refractivity contribution is -0.114. The third-order valence-electron chi connectivity index (χ3n) is 2.83. The Morgan fingerprint density at radius 2 is 1.95 bits per heavy atom. The van der Waals surface area contributed by atoms with Gasteiger partial charge >= 0.3 is 0 Å². The Balaban J connectivity index is 1.97. The van der Waals surface area contributed by atoms with Crippen molar-refractivity contribution in [1.29, 1.82) is 0 Å². The Morgan fingerprint density at radius 3 is 2.65 bits per heavy atom. The van der Waals surface area contributed by atoms with Gasteiger partial charge < -0.3 is 15.8 Å². The quantitative estimate of drug-likeness (QED) is 0.877. The van der Waals surface area contributed by atoms with Crippen LogP contribution in [-0.2, 0) is 11.4 Å². The number of nitrogens with one attached hydrogen (secondary N) is 1. The minimum Gasteiger partial charge on any atom is -0.489 e. The molecule has 0 aliphatic heterocycles. The number of nitrogens with two attached hydrogens (primary N) is 1. The maximum atomic E-state index is 11.2. The summed E-state index contributed by atoms with van der Waals surface area (Å²) >= 11 is 0. The minimum atomic E-state index is -0.222. The average Bonchev–Trinajstić information content (AvgIpc) is 2.47. The Morgan fingerprint density at radius 1 is 1.20 bits per heavy atom. The molecule has 4 heteroatoms. The molecule has 0 spiro atoms. The third-order valence-corrected chi connectivity index (χ3v) is 2.83. The van der Waals surface area contributed by atoms with Crippen LogP contribution in [-0.4, -0.2) is 12.5 Å². The molecule has 2 aromatic rings. The van der Waals surface area contributed by atoms with Gasteiger partial charge in [0.2, 0.25) is 5.91 Å². The van der Waals surface area contributed by atoms with E-state index in [0.29, 0.717) is 18.0 Å². The number of ether oxygens (including phenoxy) is 1. The number of benzene rings is 2. The fourth-order valence-corrected chi connectivity index (χ4v) is 1.73. The first-order valence-electron chi connectivity index (χ1n) is 6.46. The Kier molecular flexibility index (Phi) is 4.74. The van der Waals surface area contributed by atoms with Crippen LogP contribution in [0.25, 0.3) is 0 Å². The highest BCUT2D eigenvalue weighted by Crippen LogP contribution is 2.18. The van der Waals surface area contributed by atoms with Gasteiger partial charge in [0.25, 0.3) is 0 Å². The van der Waals surface area contributed by atoms with Crippen LogP contribution < -0.4 is 15.8 Å². The van der Waals surface area contributed by atoms with Crippen LogP contribution in [0.4, 0.5) is 5.69 Å². The molecule has 0 heterocycles. The smallest absolute Gasteiger partial charge is 0.238 e. The topological polar surface area (TPSA) is 64.3 Å². The maximum absolute atomic E-state index is 11.2. The van der Waals surface area contributed by atoms with E-state index >= 15 is 0 Å². The van der Waals surface area contributed by atoms with Crippen LogP contribution in [0.2, 0.25) is 0 Å². The van der Waals surface area contributed by atoms with Gasteiger partial charge in [-0.15, -0.1) is 0 Å². The van der Waals surface area contributed by atoms with Crippen molar-refractivity contribution in [3.63, 3.8) is 0 Å². The van der Waals surface area contributed by atoms with Crippen molar-refractivity contribution >= 4 is 11.6 Å². The summed E-state index contributed by atoms with van der Waals surface area (Å²) in [5.41, 5.74) is 8.27. The molecule has 1 amide bonds. The van der Waals surface area contributed by atoms with Crippen LogP contribution in [0.1, 0.15) is 11.1 Å². The van der Waals surface area contributed by atoms with Gasteiger partial charge in [-0.25, -0.2) is 0 Å². The van der Waals surface area contributed by atoms with Crippen molar-refractivity contribution in [2.24, 2.45) is 5.73 Å². The largest absolute Gasteiger partial charge is 0.489 e. The SMILES string of the molecule is Cc1ccc(COc2cccc(NC(=O)CN)c2)cc1. The fourth-order valence-electron chi connectivity index (χ4n) is 1.73. The molecule has 2 rings (SSSR count). The molecular weight excluding hydrogens is 252 g/mol. The summed E-state index contributed by atoms with van der Waals surface area (Å²) in [5, 5.41) is 2.69. The van der Waals surface area contributed by atoms with Crippen molar-refractivity contribution in [3.8, 4) is 5.75 Å². The number of carbonyl (C=O) groups excluding carboxylic acids is 1. The number of amides is 1. The molecule has 20 heavy (non-hydrogen) atoms. The first kappa shape index (κ1) is 14.1. The molecule has 0 aliphatic carbocycles. The number of hydrogen-bond acceptors (Lipinski definition) is 3. The van der Waals surface area contributed by atoms with Crippen LogP contribution in [0, 0.1) is 6.92 Å². The fraction of sp³-hybridized carbons (Fsp3) is 0.188. The molecule has 0 bridgehead atoms. The molecular formula is C16H18N2O2. The van der Waals surface area contributed by atoms with E-state index in [0.717, 1.165) is 5.56 Å². The van der Waals surface area contributed by atoms with Crippen molar-refractivity contribution in [2.45, 2.75) is 13.5 Å². The standard InChI is InChI=1S/C16H18N2O2/c1-12-5-7-13(8-6-12)11-20-15-4-2-3-14(9-15)18-16(19)10-17/h2-9H,10-11,17H2,1H3,(H,18,19). The van der Waals surface area contributed by atoms with Crippen LogP contribution in [0.3, 0.4) is 0 Å². The highest BCUT2D eigenvalue weighted by atomic mass is 16.5. The number of hydrogen-bond donors (Lipinski definition) is 2. The van der Waals surface area contributed by atoms with Crippen molar-refractivity contribution in [1.82, 2.24) is 0 Å². The van der Waals surface area contributed by atoms with Gasteiger partial charge in [-0.2, -0.15) is 0 Å². The summed E-state index contributed by atoms with van der Waals surface area (Å²) in [5.74, 6) is 0.487. The monoisotopic (exact) mass is 270 g/mol. The predicted molar refractivity (Wildman–Crippen MR) is 79.6 cm³/mol. The molecule has 0 aromatic heterocycles. The summed E-state index contributed by atoms with van der Waals surface area (Å²) in [7, 11) is 0. The van der Waals surface area contributed by atoms with Gasteiger partial charge in [0.15, 0.2) is 0 Å². The van der Waals surface area contributed by atoms with E-state index in [1.807, 2.05) is 31.2 Å². The molecule has 0 fully saturated rings. The second-order valence-corrected chi connectivity index (χ2v) is 4.55. The zero-order valence-corrected chi connectivity index (χ0v) is 11.4. The normalized spacial score (nSPS) is 10.1. The number of anilines is 1. The van der Waals surface area contributed by atoms with Crippen molar-refractivity contribution in [3.05, 3.63) is 59.7 Å². The molecule has 0 saturated carbocycles. The summed E-state index contributed by atoms with van der Waals surface area (Å²) in [6, 6.07) is 15.4. The van der Waals surface area contributed by atoms with E-state index in [2.05, 4.69) is 17.4 Å². The molecule has 2 aromatic carbocycles. The first-order valence-corrected chi connectivity index (χ1v) is 6.46. The van der Waals surface area contributed by atoms with Gasteiger partial charge in [0.05, 0.1) is 6.54 Å². The number of carbonyl (C=O) groups is 1. The number of rotatable bonds is 5. The van der Waals surface area contributed by atoms with E-state index in [-0.39, 0.29) is 12.5 Å². The molecule has 4 nitrogen and oxygen atoms in total. The van der Waals surface area contributed by atoms with E-state index < -0.39 is 0 Å². The van der Waals surface area contributed by atoms with Crippen LogP contribution in [0.15, 0.2) is 48.5 Å². The van der Waals surface area contributed by atoms with E-state index in [4.69, 9.17) is 10.5 Å². The molecule has 3 N–H and O–H groups in total. The van der Waals surface area contributed by atoms with Crippen LogP contribution in [0.5, 0.6) is 5.75 Å². The van der Waals surface area contributed by atoms with Gasteiger partial charge in [-0.1, -0.05) is 35.9 Å². The van der Waals surface area contributed by atoms with Crippen molar-refractivity contribution in [2.75, 3.05) is 11.9 Å². The number of aryl methyl sites for hydroxylation is 1. The molecule has 104 valence electrons. The Bertz CT molecular complexity index is 579. The Hall–Kier alpha value is -2.33. The van der Waals surface area contributed by atoms with Gasteiger partial charge in [-0.05, 0) is 24.6 Å². The average molecular weight is 270 g/mol. The maximum Gasteiger partial charge on any atom is 0.238 e. The Labute approximate surface area is 118 Å². The lowest BCUT2D eigenvalue weighted by atomic mass is 10.2. The summed E-state index contributed by atoms with van der Waals surface area (Å²) < 4.78 is 5.71. The van der Waals surface area contributed by atoms with Crippen molar-refractivity contribution < 1.29 is 9.53 Å². The molecule has 0 saturated heterocycles. The van der Waals surface area contributed by atoms with E-state index in [9.17, 15) is 4.79 Å². The third kappa shape index (κ3) is 4.10. The zero-order valence-electron chi connectivity index (χ0n) is 11.4. The highest BCUT2D eigenvalue weighted by molar-refractivity contribution is 5.92. The summed E-state index contributed by atoms with van der Waals surface area (Å²) in [4.78, 5) is 11.2. The zero-order chi connectivity index (χ0) is 14.4. The molecule has 0 atom stereocenters. The summed E-state index contributed by atoms with van der Waals surface area (Å²) in [6.45, 7) is 2.51. The summed E-state index contributed by atoms with van der Waals surface area (Å²) in [6.07, 6.45) is 0. The first-order chi connectivity index (χ1) is 9.67. The minimum absolute atomic E-state index is 0.0333. The molecule has 0 aliphatic rings.